The molecule has 1 rings (SSSR count). The third-order valence-electron chi connectivity index (χ3n) is 2.59. The molecule has 0 fully saturated rings. The number of hydrogen-bond donors (Lipinski definition) is 2. The topological polar surface area (TPSA) is 72.9 Å². The molecular formula is C11H19BrN4O. The molecule has 0 radical (unpaired) electrons. The van der Waals surface area contributed by atoms with Crippen LogP contribution in [0.5, 0.6) is 0 Å². The first-order chi connectivity index (χ1) is 7.83. The number of amides is 1. The van der Waals surface area contributed by atoms with Gasteiger partial charge in [-0.3, -0.25) is 9.48 Å². The third-order valence-corrected chi connectivity index (χ3v) is 3.00. The summed E-state index contributed by atoms with van der Waals surface area (Å²) in [6.07, 6.45) is 4.20. The van der Waals surface area contributed by atoms with Gasteiger partial charge in [-0.2, -0.15) is 5.10 Å². The molecule has 1 aromatic rings. The predicted molar refractivity (Wildman–Crippen MR) is 70.4 cm³/mol. The summed E-state index contributed by atoms with van der Waals surface area (Å²) in [4.78, 5) is 11.5. The van der Waals surface area contributed by atoms with Crippen LogP contribution in [0.25, 0.3) is 0 Å². The van der Waals surface area contributed by atoms with Crippen molar-refractivity contribution >= 4 is 21.8 Å². The van der Waals surface area contributed by atoms with Crippen molar-refractivity contribution in [3.63, 3.8) is 0 Å². The van der Waals surface area contributed by atoms with Crippen molar-refractivity contribution in [2.75, 3.05) is 0 Å². The smallest absolute Gasteiger partial charge is 0.237 e. The third kappa shape index (κ3) is 4.12. The zero-order chi connectivity index (χ0) is 13.1. The van der Waals surface area contributed by atoms with Crippen LogP contribution in [-0.2, 0) is 11.3 Å². The molecule has 1 aromatic heterocycles. The minimum Gasteiger partial charge on any atom is -0.368 e. The summed E-state index contributed by atoms with van der Waals surface area (Å²) < 4.78 is 2.71. The van der Waals surface area contributed by atoms with Gasteiger partial charge in [-0.1, -0.05) is 0 Å². The molecule has 0 aliphatic carbocycles. The zero-order valence-electron chi connectivity index (χ0n) is 10.4. The average Bonchev–Trinajstić information content (AvgIpc) is 2.60. The summed E-state index contributed by atoms with van der Waals surface area (Å²) in [5.74, 6) is -0.336. The molecule has 0 bridgehead atoms. The lowest BCUT2D eigenvalue weighted by atomic mass is 9.96. The maximum Gasteiger partial charge on any atom is 0.237 e. The fourth-order valence-corrected chi connectivity index (χ4v) is 2.03. The number of carbonyl (C=O) groups is 1. The minimum atomic E-state index is -0.702. The number of halogens is 1. The Morgan fingerprint density at radius 2 is 2.35 bits per heavy atom. The van der Waals surface area contributed by atoms with Crippen molar-refractivity contribution < 1.29 is 4.79 Å². The van der Waals surface area contributed by atoms with E-state index in [-0.39, 0.29) is 11.9 Å². The highest BCUT2D eigenvalue weighted by Gasteiger charge is 2.31. The molecule has 0 aliphatic rings. The highest BCUT2D eigenvalue weighted by molar-refractivity contribution is 9.10. The molecule has 17 heavy (non-hydrogen) atoms. The highest BCUT2D eigenvalue weighted by atomic mass is 79.9. The number of aromatic nitrogens is 2. The Hall–Kier alpha value is -0.880. The summed E-state index contributed by atoms with van der Waals surface area (Å²) in [6.45, 7) is 6.45. The number of primary amides is 1. The number of nitrogens with zero attached hydrogens (tertiary/aromatic N) is 2. The van der Waals surface area contributed by atoms with Crippen LogP contribution in [0.2, 0.25) is 0 Å². The number of nitrogens with two attached hydrogens (primary N) is 1. The molecule has 0 saturated carbocycles. The highest BCUT2D eigenvalue weighted by Crippen LogP contribution is 2.13. The van der Waals surface area contributed by atoms with Crippen LogP contribution in [0.4, 0.5) is 0 Å². The number of aryl methyl sites for hydroxylation is 1. The monoisotopic (exact) mass is 302 g/mol. The van der Waals surface area contributed by atoms with Gasteiger partial charge in [0, 0.05) is 18.8 Å². The zero-order valence-corrected chi connectivity index (χ0v) is 12.0. The van der Waals surface area contributed by atoms with E-state index >= 15 is 0 Å². The predicted octanol–water partition coefficient (Wildman–Crippen LogP) is 1.28. The summed E-state index contributed by atoms with van der Waals surface area (Å²) >= 11 is 3.33. The maximum atomic E-state index is 11.5. The van der Waals surface area contributed by atoms with Crippen LogP contribution >= 0.6 is 15.9 Å². The molecule has 0 aromatic carbocycles. The van der Waals surface area contributed by atoms with Gasteiger partial charge in [0.1, 0.15) is 0 Å². The van der Waals surface area contributed by atoms with Crippen LogP contribution in [-0.4, -0.2) is 27.3 Å². The lowest BCUT2D eigenvalue weighted by Crippen LogP contribution is -2.55. The lowest BCUT2D eigenvalue weighted by Gasteiger charge is -2.29. The quantitative estimate of drug-likeness (QED) is 0.831. The standard InChI is InChI=1S/C11H19BrN4O/c1-8(2)15-11(3,10(13)17)4-5-16-7-9(12)6-14-16/h6-8,15H,4-5H2,1-3H3,(H2,13,17). The normalized spacial score (nSPS) is 14.9. The van der Waals surface area contributed by atoms with Gasteiger partial charge in [0.15, 0.2) is 0 Å². The van der Waals surface area contributed by atoms with Crippen molar-refractivity contribution in [2.24, 2.45) is 5.73 Å². The van der Waals surface area contributed by atoms with E-state index in [9.17, 15) is 4.79 Å². The van der Waals surface area contributed by atoms with E-state index in [0.29, 0.717) is 13.0 Å². The Morgan fingerprint density at radius 1 is 1.71 bits per heavy atom. The Morgan fingerprint density at radius 3 is 2.76 bits per heavy atom. The second-order valence-electron chi connectivity index (χ2n) is 4.67. The van der Waals surface area contributed by atoms with Crippen LogP contribution in [0.15, 0.2) is 16.9 Å². The van der Waals surface area contributed by atoms with Crippen LogP contribution in [0, 0.1) is 0 Å². The Bertz CT molecular complexity index is 391. The van der Waals surface area contributed by atoms with Crippen LogP contribution < -0.4 is 11.1 Å². The van der Waals surface area contributed by atoms with Crippen molar-refractivity contribution in [3.05, 3.63) is 16.9 Å². The van der Waals surface area contributed by atoms with Crippen LogP contribution in [0.3, 0.4) is 0 Å². The SMILES string of the molecule is CC(C)NC(C)(CCn1cc(Br)cn1)C(N)=O. The van der Waals surface area contributed by atoms with Gasteiger partial charge in [0.2, 0.25) is 5.91 Å². The van der Waals surface area contributed by atoms with Crippen molar-refractivity contribution in [1.82, 2.24) is 15.1 Å². The van der Waals surface area contributed by atoms with Gasteiger partial charge >= 0.3 is 0 Å². The minimum absolute atomic E-state index is 0.205. The van der Waals surface area contributed by atoms with E-state index in [2.05, 4.69) is 26.3 Å². The van der Waals surface area contributed by atoms with Crippen molar-refractivity contribution in [3.8, 4) is 0 Å². The van der Waals surface area contributed by atoms with E-state index in [1.807, 2.05) is 27.0 Å². The van der Waals surface area contributed by atoms with E-state index in [1.165, 1.54) is 0 Å². The average molecular weight is 303 g/mol. The number of hydrogen-bond acceptors (Lipinski definition) is 3. The first-order valence-electron chi connectivity index (χ1n) is 5.59. The second kappa shape index (κ2) is 5.64. The first-order valence-corrected chi connectivity index (χ1v) is 6.38. The summed E-state index contributed by atoms with van der Waals surface area (Å²) in [7, 11) is 0. The Labute approximate surface area is 110 Å². The molecule has 1 unspecified atom stereocenters. The van der Waals surface area contributed by atoms with E-state index in [4.69, 9.17) is 5.73 Å². The van der Waals surface area contributed by atoms with E-state index in [0.717, 1.165) is 4.47 Å². The molecule has 1 amide bonds. The number of rotatable bonds is 6. The van der Waals surface area contributed by atoms with Gasteiger partial charge < -0.3 is 11.1 Å². The fourth-order valence-electron chi connectivity index (χ4n) is 1.70. The van der Waals surface area contributed by atoms with Gasteiger partial charge in [0.25, 0.3) is 0 Å². The fraction of sp³-hybridized carbons (Fsp3) is 0.636. The summed E-state index contributed by atoms with van der Waals surface area (Å²) in [6, 6.07) is 0.205. The molecular weight excluding hydrogens is 284 g/mol. The largest absolute Gasteiger partial charge is 0.368 e. The van der Waals surface area contributed by atoms with Gasteiger partial charge in [-0.15, -0.1) is 0 Å². The van der Waals surface area contributed by atoms with Gasteiger partial charge in [0.05, 0.1) is 16.2 Å². The lowest BCUT2D eigenvalue weighted by molar-refractivity contribution is -0.124. The molecule has 0 spiro atoms. The molecule has 0 saturated heterocycles. The summed E-state index contributed by atoms with van der Waals surface area (Å²) in [5, 5.41) is 7.35. The molecule has 1 heterocycles. The Kier molecular flexibility index (Phi) is 4.70. The van der Waals surface area contributed by atoms with Crippen molar-refractivity contribution in [1.29, 1.82) is 0 Å². The van der Waals surface area contributed by atoms with Gasteiger partial charge in [-0.25, -0.2) is 0 Å². The van der Waals surface area contributed by atoms with Gasteiger partial charge in [-0.05, 0) is 43.1 Å². The van der Waals surface area contributed by atoms with Crippen LogP contribution in [0.1, 0.15) is 27.2 Å². The summed E-state index contributed by atoms with van der Waals surface area (Å²) in [5.41, 5.74) is 4.75. The van der Waals surface area contributed by atoms with E-state index in [1.54, 1.807) is 10.9 Å². The van der Waals surface area contributed by atoms with E-state index < -0.39 is 5.54 Å². The molecule has 1 atom stereocenters. The Balaban J connectivity index is 2.64. The van der Waals surface area contributed by atoms with Crippen molar-refractivity contribution in [2.45, 2.75) is 45.3 Å². The second-order valence-corrected chi connectivity index (χ2v) is 5.58. The first kappa shape index (κ1) is 14.2. The number of carbonyl (C=O) groups excluding carboxylic acids is 1. The molecule has 6 heteroatoms. The molecule has 5 nitrogen and oxygen atoms in total. The maximum absolute atomic E-state index is 11.5. The molecule has 3 N–H and O–H groups in total. The molecule has 96 valence electrons. The number of nitrogens with one attached hydrogen (secondary N) is 1. The molecule has 0 aliphatic heterocycles.